The maximum absolute atomic E-state index is 11.4. The molecule has 1 rings (SSSR count). The van der Waals surface area contributed by atoms with E-state index in [4.69, 9.17) is 16.8 Å². The van der Waals surface area contributed by atoms with Crippen molar-refractivity contribution in [1.29, 1.82) is 0 Å². The van der Waals surface area contributed by atoms with Gasteiger partial charge in [0.1, 0.15) is 0 Å². The van der Waals surface area contributed by atoms with Crippen LogP contribution in [0.4, 0.5) is 0 Å². The van der Waals surface area contributed by atoms with Gasteiger partial charge in [-0.2, -0.15) is 8.42 Å². The van der Waals surface area contributed by atoms with Crippen LogP contribution < -0.4 is 10.6 Å². The first-order valence-corrected chi connectivity index (χ1v) is 6.84. The van der Waals surface area contributed by atoms with Crippen LogP contribution >= 0.6 is 12.2 Å². The van der Waals surface area contributed by atoms with Crippen molar-refractivity contribution < 1.29 is 17.8 Å². The topological polar surface area (TPSA) is 95.5 Å². The number of thiocarbonyl (C=S) groups is 1. The van der Waals surface area contributed by atoms with Crippen molar-refractivity contribution in [2.45, 2.75) is 37.7 Å². The number of carbonyl (C=O) groups excluding carboxylic acids is 1. The molecule has 0 bridgehead atoms. The van der Waals surface area contributed by atoms with E-state index in [9.17, 15) is 13.2 Å². The molecule has 8 heteroatoms. The summed E-state index contributed by atoms with van der Waals surface area (Å²) < 4.78 is 30.6. The molecule has 16 heavy (non-hydrogen) atoms. The Bertz CT molecular complexity index is 393. The lowest BCUT2D eigenvalue weighted by molar-refractivity contribution is -0.115. The zero-order valence-electron chi connectivity index (χ0n) is 8.76. The Hall–Kier alpha value is -0.570. The lowest BCUT2D eigenvalue weighted by Gasteiger charge is -2.30. The van der Waals surface area contributed by atoms with Gasteiger partial charge in [0.25, 0.3) is 16.0 Å². The van der Waals surface area contributed by atoms with E-state index in [2.05, 4.69) is 10.6 Å². The smallest absolute Gasteiger partial charge is 0.300 e. The number of hydrogen-bond acceptors (Lipinski definition) is 5. The highest BCUT2D eigenvalue weighted by molar-refractivity contribution is 7.86. The molecular formula is C8H14N2O4S2. The van der Waals surface area contributed by atoms with Gasteiger partial charge in [-0.15, -0.1) is 0 Å². The molecule has 2 atom stereocenters. The SMILES string of the molecule is CCCCC1NC(S(=O)(=O)O)NC(=O)C1=S. The third-order valence-electron chi connectivity index (χ3n) is 2.30. The molecule has 0 spiro atoms. The average Bonchev–Trinajstić information content (AvgIpc) is 2.18. The van der Waals surface area contributed by atoms with E-state index in [1.165, 1.54) is 0 Å². The minimum Gasteiger partial charge on any atom is -0.321 e. The quantitative estimate of drug-likeness (QED) is 0.482. The molecule has 1 fully saturated rings. The number of amides is 1. The fourth-order valence-corrected chi connectivity index (χ4v) is 2.27. The van der Waals surface area contributed by atoms with Crippen LogP contribution in [-0.2, 0) is 14.9 Å². The van der Waals surface area contributed by atoms with Crippen molar-refractivity contribution >= 4 is 33.1 Å². The van der Waals surface area contributed by atoms with Crippen LogP contribution in [0.25, 0.3) is 0 Å². The fraction of sp³-hybridized carbons (Fsp3) is 0.750. The van der Waals surface area contributed by atoms with E-state index in [0.717, 1.165) is 12.8 Å². The monoisotopic (exact) mass is 266 g/mol. The first-order chi connectivity index (χ1) is 7.36. The summed E-state index contributed by atoms with van der Waals surface area (Å²) in [5.74, 6) is -0.613. The van der Waals surface area contributed by atoms with Gasteiger partial charge in [-0.05, 0) is 6.42 Å². The minimum atomic E-state index is -4.34. The third kappa shape index (κ3) is 3.21. The molecule has 1 aliphatic rings. The Morgan fingerprint density at radius 3 is 2.62 bits per heavy atom. The maximum atomic E-state index is 11.4. The molecule has 0 aromatic heterocycles. The van der Waals surface area contributed by atoms with Gasteiger partial charge in [0.05, 0.1) is 10.9 Å². The molecule has 0 aromatic carbocycles. The van der Waals surface area contributed by atoms with Gasteiger partial charge in [-0.1, -0.05) is 32.0 Å². The number of hydrogen-bond donors (Lipinski definition) is 3. The summed E-state index contributed by atoms with van der Waals surface area (Å²) in [4.78, 5) is 11.5. The molecule has 0 radical (unpaired) electrons. The van der Waals surface area contributed by atoms with Crippen molar-refractivity contribution in [2.24, 2.45) is 0 Å². The molecule has 1 amide bonds. The van der Waals surface area contributed by atoms with Gasteiger partial charge in [-0.3, -0.25) is 14.7 Å². The van der Waals surface area contributed by atoms with Gasteiger partial charge in [0, 0.05) is 0 Å². The molecule has 1 aliphatic heterocycles. The van der Waals surface area contributed by atoms with Gasteiger partial charge >= 0.3 is 0 Å². The average molecular weight is 266 g/mol. The van der Waals surface area contributed by atoms with Crippen LogP contribution in [0, 0.1) is 0 Å². The fourth-order valence-electron chi connectivity index (χ4n) is 1.43. The summed E-state index contributed by atoms with van der Waals surface area (Å²) in [6, 6.07) is -0.476. The van der Waals surface area contributed by atoms with Gasteiger partial charge in [0.2, 0.25) is 5.50 Å². The summed E-state index contributed by atoms with van der Waals surface area (Å²) in [5, 5.41) is 4.68. The predicted molar refractivity (Wildman–Crippen MR) is 62.5 cm³/mol. The standard InChI is InChI=1S/C8H14N2O4S2/c1-2-3-4-5-6(15)7(11)10-8(9-5)16(12,13)14/h5,8-9H,2-4H2,1H3,(H,10,11)(H,12,13,14). The van der Waals surface area contributed by atoms with Crippen molar-refractivity contribution in [2.75, 3.05) is 0 Å². The molecule has 92 valence electrons. The van der Waals surface area contributed by atoms with E-state index in [0.29, 0.717) is 6.42 Å². The van der Waals surface area contributed by atoms with Crippen LogP contribution in [-0.4, -0.2) is 35.3 Å². The van der Waals surface area contributed by atoms with Crippen LogP contribution in [0.1, 0.15) is 26.2 Å². The zero-order valence-corrected chi connectivity index (χ0v) is 10.4. The Morgan fingerprint density at radius 1 is 1.50 bits per heavy atom. The zero-order chi connectivity index (χ0) is 12.3. The molecule has 0 aromatic rings. The number of carbonyl (C=O) groups is 1. The van der Waals surface area contributed by atoms with Gasteiger partial charge < -0.3 is 5.32 Å². The highest BCUT2D eigenvalue weighted by atomic mass is 32.2. The highest BCUT2D eigenvalue weighted by Crippen LogP contribution is 2.09. The highest BCUT2D eigenvalue weighted by Gasteiger charge is 2.36. The van der Waals surface area contributed by atoms with Crippen molar-refractivity contribution in [3.05, 3.63) is 0 Å². The largest absolute Gasteiger partial charge is 0.321 e. The maximum Gasteiger partial charge on any atom is 0.300 e. The Morgan fingerprint density at radius 2 is 2.12 bits per heavy atom. The summed E-state index contributed by atoms with van der Waals surface area (Å²) in [6.45, 7) is 1.98. The number of nitrogens with one attached hydrogen (secondary N) is 2. The second-order valence-corrected chi connectivity index (χ2v) is 5.54. The second-order valence-electron chi connectivity index (χ2n) is 3.59. The third-order valence-corrected chi connectivity index (χ3v) is 3.62. The van der Waals surface area contributed by atoms with E-state index < -0.39 is 27.6 Å². The van der Waals surface area contributed by atoms with Crippen LogP contribution in [0.15, 0.2) is 0 Å². The van der Waals surface area contributed by atoms with Crippen molar-refractivity contribution in [3.8, 4) is 0 Å². The summed E-state index contributed by atoms with van der Waals surface area (Å²) in [7, 11) is -4.34. The predicted octanol–water partition coefficient (Wildman–Crippen LogP) is -0.194. The molecule has 2 unspecified atom stereocenters. The first kappa shape index (κ1) is 13.5. The van der Waals surface area contributed by atoms with Crippen LogP contribution in [0.3, 0.4) is 0 Å². The van der Waals surface area contributed by atoms with Gasteiger partial charge in [0.15, 0.2) is 0 Å². The van der Waals surface area contributed by atoms with Crippen LogP contribution in [0.5, 0.6) is 0 Å². The molecule has 1 heterocycles. The second kappa shape index (κ2) is 5.17. The lowest BCUT2D eigenvalue weighted by atomic mass is 10.1. The Labute approximate surface area is 99.5 Å². The van der Waals surface area contributed by atoms with E-state index in [-0.39, 0.29) is 4.86 Å². The van der Waals surface area contributed by atoms with E-state index in [1.54, 1.807) is 0 Å². The molecular weight excluding hydrogens is 252 g/mol. The summed E-state index contributed by atoms with van der Waals surface area (Å²) >= 11 is 4.89. The molecule has 3 N–H and O–H groups in total. The molecule has 0 aliphatic carbocycles. The van der Waals surface area contributed by atoms with E-state index >= 15 is 0 Å². The molecule has 1 saturated heterocycles. The normalized spacial score (nSPS) is 26.6. The van der Waals surface area contributed by atoms with Gasteiger partial charge in [-0.25, -0.2) is 0 Å². The number of unbranched alkanes of at least 4 members (excludes halogenated alkanes) is 1. The van der Waals surface area contributed by atoms with Crippen molar-refractivity contribution in [3.63, 3.8) is 0 Å². The summed E-state index contributed by atoms with van der Waals surface area (Å²) in [6.07, 6.45) is 2.32. The van der Waals surface area contributed by atoms with Crippen molar-refractivity contribution in [1.82, 2.24) is 10.6 Å². The molecule has 6 nitrogen and oxygen atoms in total. The Kier molecular flexibility index (Phi) is 4.36. The minimum absolute atomic E-state index is 0.133. The Balaban J connectivity index is 2.77. The van der Waals surface area contributed by atoms with Crippen LogP contribution in [0.2, 0.25) is 0 Å². The lowest BCUT2D eigenvalue weighted by Crippen LogP contribution is -2.63. The number of rotatable bonds is 4. The summed E-state index contributed by atoms with van der Waals surface area (Å²) in [5.41, 5.74) is -1.46. The van der Waals surface area contributed by atoms with E-state index in [1.807, 2.05) is 6.92 Å². The molecule has 0 saturated carbocycles. The first-order valence-electron chi connectivity index (χ1n) is 4.93.